The molecule has 1 aliphatic heterocycles. The quantitative estimate of drug-likeness (QED) is 0.412. The molecule has 3 heteroatoms. The van der Waals surface area contributed by atoms with Crippen molar-refractivity contribution in [3.05, 3.63) is 46.6 Å². The van der Waals surface area contributed by atoms with Crippen LogP contribution in [0.1, 0.15) is 90.7 Å². The highest BCUT2D eigenvalue weighted by Crippen LogP contribution is 2.39. The van der Waals surface area contributed by atoms with Gasteiger partial charge in [-0.3, -0.25) is 4.79 Å². The van der Waals surface area contributed by atoms with Gasteiger partial charge in [-0.1, -0.05) is 30.2 Å². The maximum Gasteiger partial charge on any atom is 0.139 e. The number of phenolic OH excluding ortho intramolecular Hbond substituents is 1. The zero-order chi connectivity index (χ0) is 22.3. The molecule has 1 N–H and O–H groups in total. The number of allylic oxidation sites excluding steroid dienone is 4. The molecule has 3 nitrogen and oxygen atoms in total. The van der Waals surface area contributed by atoms with Crippen molar-refractivity contribution >= 4 is 5.78 Å². The summed E-state index contributed by atoms with van der Waals surface area (Å²) in [5.41, 5.74) is 4.58. The Morgan fingerprint density at radius 3 is 2.70 bits per heavy atom. The Morgan fingerprint density at radius 2 is 2.00 bits per heavy atom. The number of hydrogen-bond donors (Lipinski definition) is 1. The number of phenols is 1. The second-order valence-corrected chi connectivity index (χ2v) is 9.64. The largest absolute Gasteiger partial charge is 0.508 e. The van der Waals surface area contributed by atoms with E-state index in [0.29, 0.717) is 18.0 Å². The molecule has 0 amide bonds. The molecule has 0 radical (unpaired) electrons. The van der Waals surface area contributed by atoms with Crippen molar-refractivity contribution in [1.29, 1.82) is 0 Å². The predicted molar refractivity (Wildman–Crippen MR) is 125 cm³/mol. The monoisotopic (exact) mass is 412 g/mol. The molecule has 0 aliphatic carbocycles. The number of aryl methyl sites for hydroxylation is 2. The van der Waals surface area contributed by atoms with Crippen LogP contribution in [-0.4, -0.2) is 16.5 Å². The van der Waals surface area contributed by atoms with E-state index in [1.54, 1.807) is 6.07 Å². The second-order valence-electron chi connectivity index (χ2n) is 9.64. The number of benzene rings is 1. The third kappa shape index (κ3) is 7.34. The molecular formula is C27H40O3. The molecule has 1 aliphatic rings. The first-order valence-electron chi connectivity index (χ1n) is 11.4. The first-order chi connectivity index (χ1) is 14.1. The van der Waals surface area contributed by atoms with E-state index in [1.807, 2.05) is 32.9 Å². The highest BCUT2D eigenvalue weighted by molar-refractivity contribution is 5.82. The standard InChI is InChI=1S/C27H40O3/c1-19(2)12-13-25(29)21(4)11-7-9-20(3)10-8-15-27(6)16-14-23-18-24(28)17-22(5)26(23)30-27/h10,12,17-18,21,28H,7-9,11,13-16H2,1-6H3/b20-10+/t21-,27+/m0/s1. The Balaban J connectivity index is 1.77. The number of ether oxygens (including phenoxy) is 1. The van der Waals surface area contributed by atoms with Crippen LogP contribution in [0.3, 0.4) is 0 Å². The molecule has 30 heavy (non-hydrogen) atoms. The van der Waals surface area contributed by atoms with Gasteiger partial charge < -0.3 is 9.84 Å². The zero-order valence-electron chi connectivity index (χ0n) is 19.8. The summed E-state index contributed by atoms with van der Waals surface area (Å²) in [6.07, 6.45) is 11.9. The lowest BCUT2D eigenvalue weighted by Crippen LogP contribution is -2.36. The minimum absolute atomic E-state index is 0.144. The normalized spacial score (nSPS) is 19.6. The van der Waals surface area contributed by atoms with E-state index >= 15 is 0 Å². The molecule has 1 aromatic rings. The molecule has 0 unspecified atom stereocenters. The fourth-order valence-electron chi connectivity index (χ4n) is 4.11. The molecule has 0 bridgehead atoms. The molecule has 0 saturated heterocycles. The van der Waals surface area contributed by atoms with Crippen molar-refractivity contribution in [2.24, 2.45) is 5.92 Å². The maximum absolute atomic E-state index is 12.1. The molecule has 1 heterocycles. The van der Waals surface area contributed by atoms with Crippen LogP contribution in [0.25, 0.3) is 0 Å². The Hall–Kier alpha value is -2.03. The molecule has 0 aromatic heterocycles. The number of aromatic hydroxyl groups is 1. The molecule has 2 rings (SSSR count). The van der Waals surface area contributed by atoms with Gasteiger partial charge in [0.1, 0.15) is 22.9 Å². The van der Waals surface area contributed by atoms with Crippen LogP contribution in [0.15, 0.2) is 35.4 Å². The summed E-state index contributed by atoms with van der Waals surface area (Å²) in [5, 5.41) is 9.80. The Bertz CT molecular complexity index is 799. The Morgan fingerprint density at radius 1 is 1.27 bits per heavy atom. The number of hydrogen-bond acceptors (Lipinski definition) is 3. The van der Waals surface area contributed by atoms with E-state index in [1.165, 1.54) is 11.1 Å². The van der Waals surface area contributed by atoms with Crippen LogP contribution < -0.4 is 4.74 Å². The van der Waals surface area contributed by atoms with Gasteiger partial charge >= 0.3 is 0 Å². The molecule has 0 spiro atoms. The zero-order valence-corrected chi connectivity index (χ0v) is 19.8. The van der Waals surface area contributed by atoms with Gasteiger partial charge in [0.15, 0.2) is 0 Å². The number of fused-ring (bicyclic) bond motifs is 1. The van der Waals surface area contributed by atoms with Gasteiger partial charge in [-0.25, -0.2) is 0 Å². The topological polar surface area (TPSA) is 46.5 Å². The van der Waals surface area contributed by atoms with Gasteiger partial charge in [-0.2, -0.15) is 0 Å². The lowest BCUT2D eigenvalue weighted by molar-refractivity contribution is -0.121. The van der Waals surface area contributed by atoms with Gasteiger partial charge in [-0.05, 0) is 103 Å². The average Bonchev–Trinajstić information content (AvgIpc) is 2.66. The lowest BCUT2D eigenvalue weighted by atomic mass is 9.87. The number of carbonyl (C=O) groups is 1. The third-order valence-corrected chi connectivity index (χ3v) is 6.24. The highest BCUT2D eigenvalue weighted by Gasteiger charge is 2.32. The molecule has 0 saturated carbocycles. The van der Waals surface area contributed by atoms with E-state index in [0.717, 1.165) is 61.8 Å². The molecule has 2 atom stereocenters. The van der Waals surface area contributed by atoms with Gasteiger partial charge in [0.25, 0.3) is 0 Å². The van der Waals surface area contributed by atoms with Crippen LogP contribution in [-0.2, 0) is 11.2 Å². The van der Waals surface area contributed by atoms with Crippen molar-refractivity contribution in [3.8, 4) is 11.5 Å². The van der Waals surface area contributed by atoms with E-state index in [9.17, 15) is 9.90 Å². The summed E-state index contributed by atoms with van der Waals surface area (Å²) >= 11 is 0. The number of carbonyl (C=O) groups excluding carboxylic acids is 1. The summed E-state index contributed by atoms with van der Waals surface area (Å²) in [6, 6.07) is 3.61. The summed E-state index contributed by atoms with van der Waals surface area (Å²) in [6.45, 7) is 12.5. The second kappa shape index (κ2) is 10.8. The minimum Gasteiger partial charge on any atom is -0.508 e. The Kier molecular flexibility index (Phi) is 8.76. The van der Waals surface area contributed by atoms with Crippen molar-refractivity contribution in [3.63, 3.8) is 0 Å². The van der Waals surface area contributed by atoms with Crippen molar-refractivity contribution in [2.75, 3.05) is 0 Å². The van der Waals surface area contributed by atoms with E-state index in [4.69, 9.17) is 4.74 Å². The maximum atomic E-state index is 12.1. The number of rotatable bonds is 10. The summed E-state index contributed by atoms with van der Waals surface area (Å²) < 4.78 is 6.38. The van der Waals surface area contributed by atoms with Crippen LogP contribution >= 0.6 is 0 Å². The van der Waals surface area contributed by atoms with Crippen LogP contribution in [0.2, 0.25) is 0 Å². The first kappa shape index (κ1) is 24.2. The minimum atomic E-state index is -0.155. The SMILES string of the molecule is CC(C)=CCC(=O)[C@@H](C)CCC/C(C)=C/CC[C@]1(C)CCc2cc(O)cc(C)c2O1. The van der Waals surface area contributed by atoms with Gasteiger partial charge in [-0.15, -0.1) is 0 Å². The average molecular weight is 413 g/mol. The van der Waals surface area contributed by atoms with Crippen molar-refractivity contribution in [2.45, 2.75) is 98.5 Å². The molecule has 166 valence electrons. The summed E-state index contributed by atoms with van der Waals surface area (Å²) in [4.78, 5) is 12.1. The first-order valence-corrected chi connectivity index (χ1v) is 11.4. The smallest absolute Gasteiger partial charge is 0.139 e. The van der Waals surface area contributed by atoms with E-state index in [2.05, 4.69) is 26.8 Å². The van der Waals surface area contributed by atoms with Gasteiger partial charge in [0.2, 0.25) is 0 Å². The van der Waals surface area contributed by atoms with Gasteiger partial charge in [0, 0.05) is 12.3 Å². The number of ketones is 1. The van der Waals surface area contributed by atoms with E-state index < -0.39 is 0 Å². The van der Waals surface area contributed by atoms with Crippen molar-refractivity contribution < 1.29 is 14.6 Å². The van der Waals surface area contributed by atoms with Gasteiger partial charge in [0.05, 0.1) is 0 Å². The fraction of sp³-hybridized carbons (Fsp3) is 0.593. The molecular weight excluding hydrogens is 372 g/mol. The highest BCUT2D eigenvalue weighted by atomic mass is 16.5. The van der Waals surface area contributed by atoms with E-state index in [-0.39, 0.29) is 11.5 Å². The fourth-order valence-corrected chi connectivity index (χ4v) is 4.11. The molecule has 1 aromatic carbocycles. The number of Topliss-reactive ketones (excluding diaryl/α,β-unsaturated/α-hetero) is 1. The van der Waals surface area contributed by atoms with Crippen LogP contribution in [0.4, 0.5) is 0 Å². The third-order valence-electron chi connectivity index (χ3n) is 6.24. The summed E-state index contributed by atoms with van der Waals surface area (Å²) in [7, 11) is 0. The molecule has 0 fully saturated rings. The predicted octanol–water partition coefficient (Wildman–Crippen LogP) is 7.24. The lowest BCUT2D eigenvalue weighted by Gasteiger charge is -2.36. The van der Waals surface area contributed by atoms with Crippen LogP contribution in [0, 0.1) is 12.8 Å². The summed E-state index contributed by atoms with van der Waals surface area (Å²) in [5.74, 6) is 1.77. The Labute approximate surface area is 183 Å². The van der Waals surface area contributed by atoms with Crippen LogP contribution in [0.5, 0.6) is 11.5 Å². The van der Waals surface area contributed by atoms with Crippen molar-refractivity contribution in [1.82, 2.24) is 0 Å².